The molecule has 0 aromatic heterocycles. The molecular weight excluding hydrogens is 260 g/mol. The van der Waals surface area contributed by atoms with E-state index < -0.39 is 0 Å². The predicted molar refractivity (Wildman–Crippen MR) is 74.6 cm³/mol. The highest BCUT2D eigenvalue weighted by atomic mass is 16.5. The maximum absolute atomic E-state index is 11.5. The number of rotatable bonds is 8. The number of benzene rings is 1. The van der Waals surface area contributed by atoms with E-state index >= 15 is 0 Å². The Bertz CT molecular complexity index is 449. The molecule has 110 valence electrons. The Labute approximate surface area is 118 Å². The molecule has 0 spiro atoms. The van der Waals surface area contributed by atoms with E-state index in [0.29, 0.717) is 18.9 Å². The fourth-order valence-corrected chi connectivity index (χ4v) is 1.44. The van der Waals surface area contributed by atoms with Crippen LogP contribution in [0.4, 0.5) is 0 Å². The third-order valence-electron chi connectivity index (χ3n) is 2.43. The van der Waals surface area contributed by atoms with E-state index in [-0.39, 0.29) is 25.0 Å². The lowest BCUT2D eigenvalue weighted by Gasteiger charge is -2.08. The molecule has 20 heavy (non-hydrogen) atoms. The van der Waals surface area contributed by atoms with Crippen LogP contribution in [0.2, 0.25) is 0 Å². The first-order valence-electron chi connectivity index (χ1n) is 6.33. The molecule has 6 nitrogen and oxygen atoms in total. The number of amides is 2. The second-order valence-electron chi connectivity index (χ2n) is 4.22. The van der Waals surface area contributed by atoms with Crippen LogP contribution in [-0.4, -0.2) is 45.2 Å². The van der Waals surface area contributed by atoms with Crippen LogP contribution in [0.5, 0.6) is 5.75 Å². The van der Waals surface area contributed by atoms with Crippen molar-refractivity contribution in [1.82, 2.24) is 10.6 Å². The number of methoxy groups -OCH3 is 1. The Morgan fingerprint density at radius 2 is 2.00 bits per heavy atom. The Kier molecular flexibility index (Phi) is 7.13. The molecule has 1 aromatic carbocycles. The third kappa shape index (κ3) is 6.75. The van der Waals surface area contributed by atoms with Crippen molar-refractivity contribution in [2.45, 2.75) is 6.92 Å². The molecule has 0 radical (unpaired) electrons. The second-order valence-corrected chi connectivity index (χ2v) is 4.22. The van der Waals surface area contributed by atoms with Crippen LogP contribution >= 0.6 is 0 Å². The van der Waals surface area contributed by atoms with Crippen LogP contribution < -0.4 is 15.4 Å². The maximum atomic E-state index is 11.5. The van der Waals surface area contributed by atoms with Crippen molar-refractivity contribution in [3.8, 4) is 5.75 Å². The first-order chi connectivity index (χ1) is 9.61. The Balaban J connectivity index is 2.19. The van der Waals surface area contributed by atoms with Gasteiger partial charge in [0.1, 0.15) is 5.75 Å². The molecule has 0 aliphatic rings. The highest BCUT2D eigenvalue weighted by Crippen LogP contribution is 2.11. The quantitative estimate of drug-likeness (QED) is 0.669. The topological polar surface area (TPSA) is 76.7 Å². The van der Waals surface area contributed by atoms with Crippen LogP contribution in [0.1, 0.15) is 5.56 Å². The molecule has 0 heterocycles. The minimum absolute atomic E-state index is 0.0697. The van der Waals surface area contributed by atoms with Gasteiger partial charge in [0.25, 0.3) is 5.91 Å². The number of carbonyl (C=O) groups is 2. The van der Waals surface area contributed by atoms with E-state index in [0.717, 1.165) is 5.56 Å². The lowest BCUT2D eigenvalue weighted by Crippen LogP contribution is -2.39. The normalized spacial score (nSPS) is 9.90. The number of aryl methyl sites for hydroxylation is 1. The van der Waals surface area contributed by atoms with Crippen LogP contribution in [0, 0.1) is 6.92 Å². The smallest absolute Gasteiger partial charge is 0.258 e. The van der Waals surface area contributed by atoms with Gasteiger partial charge in [0.15, 0.2) is 6.61 Å². The summed E-state index contributed by atoms with van der Waals surface area (Å²) in [6.07, 6.45) is 0. The fourth-order valence-electron chi connectivity index (χ4n) is 1.44. The van der Waals surface area contributed by atoms with Gasteiger partial charge in [0, 0.05) is 13.7 Å². The number of hydrogen-bond donors (Lipinski definition) is 2. The number of nitrogens with one attached hydrogen (secondary N) is 2. The van der Waals surface area contributed by atoms with Crippen LogP contribution in [0.25, 0.3) is 0 Å². The summed E-state index contributed by atoms with van der Waals surface area (Å²) < 4.78 is 10.1. The third-order valence-corrected chi connectivity index (χ3v) is 2.43. The predicted octanol–water partition coefficient (Wildman–Crippen LogP) is 0.253. The van der Waals surface area contributed by atoms with Gasteiger partial charge in [-0.3, -0.25) is 9.59 Å². The minimum atomic E-state index is -0.339. The van der Waals surface area contributed by atoms with Gasteiger partial charge in [0.2, 0.25) is 5.91 Å². The molecular formula is C14H20N2O4. The average Bonchev–Trinajstić information content (AvgIpc) is 2.43. The van der Waals surface area contributed by atoms with Crippen molar-refractivity contribution in [3.63, 3.8) is 0 Å². The van der Waals surface area contributed by atoms with E-state index in [1.807, 2.05) is 25.1 Å². The summed E-state index contributed by atoms with van der Waals surface area (Å²) in [5.74, 6) is 0.0315. The lowest BCUT2D eigenvalue weighted by atomic mass is 10.2. The fraction of sp³-hybridized carbons (Fsp3) is 0.429. The van der Waals surface area contributed by atoms with Crippen molar-refractivity contribution in [2.24, 2.45) is 0 Å². The van der Waals surface area contributed by atoms with E-state index in [1.54, 1.807) is 13.2 Å². The van der Waals surface area contributed by atoms with Crippen molar-refractivity contribution < 1.29 is 19.1 Å². The molecule has 0 unspecified atom stereocenters. The van der Waals surface area contributed by atoms with Gasteiger partial charge >= 0.3 is 0 Å². The van der Waals surface area contributed by atoms with Crippen molar-refractivity contribution >= 4 is 11.8 Å². The van der Waals surface area contributed by atoms with Gasteiger partial charge in [-0.05, 0) is 24.6 Å². The second kappa shape index (κ2) is 8.92. The van der Waals surface area contributed by atoms with Gasteiger partial charge in [-0.25, -0.2) is 0 Å². The molecule has 0 aliphatic heterocycles. The molecule has 0 aliphatic carbocycles. The number of carbonyl (C=O) groups excluding carboxylic acids is 2. The largest absolute Gasteiger partial charge is 0.484 e. The Morgan fingerprint density at radius 3 is 2.70 bits per heavy atom. The van der Waals surface area contributed by atoms with E-state index in [1.165, 1.54) is 0 Å². The summed E-state index contributed by atoms with van der Waals surface area (Å²) in [6.45, 7) is 2.62. The van der Waals surface area contributed by atoms with Crippen molar-refractivity contribution in [2.75, 3.05) is 33.4 Å². The molecule has 6 heteroatoms. The maximum Gasteiger partial charge on any atom is 0.258 e. The van der Waals surface area contributed by atoms with Gasteiger partial charge in [-0.1, -0.05) is 12.1 Å². The molecule has 0 atom stereocenters. The first-order valence-corrected chi connectivity index (χ1v) is 6.33. The zero-order chi connectivity index (χ0) is 14.8. The van der Waals surface area contributed by atoms with Gasteiger partial charge < -0.3 is 20.1 Å². The summed E-state index contributed by atoms with van der Waals surface area (Å²) in [5, 5.41) is 5.08. The Hall–Kier alpha value is -2.08. The van der Waals surface area contributed by atoms with E-state index in [2.05, 4.69) is 10.6 Å². The molecule has 0 fully saturated rings. The average molecular weight is 280 g/mol. The molecule has 0 bridgehead atoms. The summed E-state index contributed by atoms with van der Waals surface area (Å²) in [6, 6.07) is 7.41. The monoisotopic (exact) mass is 280 g/mol. The highest BCUT2D eigenvalue weighted by molar-refractivity contribution is 5.85. The molecule has 2 amide bonds. The summed E-state index contributed by atoms with van der Waals surface area (Å²) in [4.78, 5) is 22.8. The zero-order valence-electron chi connectivity index (χ0n) is 11.8. The first kappa shape index (κ1) is 16.0. The SMILES string of the molecule is COCCNC(=O)CNC(=O)COc1cccc(C)c1. The van der Waals surface area contributed by atoms with E-state index in [4.69, 9.17) is 9.47 Å². The van der Waals surface area contributed by atoms with E-state index in [9.17, 15) is 9.59 Å². The number of ether oxygens (including phenoxy) is 2. The summed E-state index contributed by atoms with van der Waals surface area (Å²) >= 11 is 0. The van der Waals surface area contributed by atoms with Crippen molar-refractivity contribution in [3.05, 3.63) is 29.8 Å². The molecule has 0 saturated carbocycles. The zero-order valence-corrected chi connectivity index (χ0v) is 11.8. The standard InChI is InChI=1S/C14H20N2O4/c1-11-4-3-5-12(8-11)20-10-14(18)16-9-13(17)15-6-7-19-2/h3-5,8H,6-7,9-10H2,1-2H3,(H,15,17)(H,16,18). The summed E-state index contributed by atoms with van der Waals surface area (Å²) in [5.41, 5.74) is 1.06. The van der Waals surface area contributed by atoms with Gasteiger partial charge in [-0.15, -0.1) is 0 Å². The van der Waals surface area contributed by atoms with Crippen LogP contribution in [-0.2, 0) is 14.3 Å². The van der Waals surface area contributed by atoms with Crippen LogP contribution in [0.15, 0.2) is 24.3 Å². The lowest BCUT2D eigenvalue weighted by molar-refractivity contribution is -0.127. The van der Waals surface area contributed by atoms with Gasteiger partial charge in [-0.2, -0.15) is 0 Å². The number of hydrogen-bond acceptors (Lipinski definition) is 4. The van der Waals surface area contributed by atoms with Crippen LogP contribution in [0.3, 0.4) is 0 Å². The highest BCUT2D eigenvalue weighted by Gasteiger charge is 2.06. The molecule has 1 aromatic rings. The van der Waals surface area contributed by atoms with Crippen molar-refractivity contribution in [1.29, 1.82) is 0 Å². The summed E-state index contributed by atoms with van der Waals surface area (Å²) in [7, 11) is 1.55. The minimum Gasteiger partial charge on any atom is -0.484 e. The molecule has 2 N–H and O–H groups in total. The Morgan fingerprint density at radius 1 is 1.20 bits per heavy atom. The molecule has 1 rings (SSSR count). The van der Waals surface area contributed by atoms with Gasteiger partial charge in [0.05, 0.1) is 13.2 Å². The molecule has 0 saturated heterocycles.